The highest BCUT2D eigenvalue weighted by Gasteiger charge is 2.32. The second-order valence-electron chi connectivity index (χ2n) is 9.02. The zero-order valence-electron chi connectivity index (χ0n) is 18.7. The Hall–Kier alpha value is -2.13. The molecule has 1 saturated carbocycles. The number of piperazine rings is 1. The third-order valence-electron chi connectivity index (χ3n) is 6.84. The Balaban J connectivity index is 1.40. The highest BCUT2D eigenvalue weighted by atomic mass is 32.2. The van der Waals surface area contributed by atoms with Gasteiger partial charge in [-0.05, 0) is 37.8 Å². The minimum absolute atomic E-state index is 0.0583. The van der Waals surface area contributed by atoms with Crippen LogP contribution >= 0.6 is 0 Å². The molecule has 176 valence electrons. The largest absolute Gasteiger partial charge is 0.335 e. The quantitative estimate of drug-likeness (QED) is 0.745. The van der Waals surface area contributed by atoms with E-state index >= 15 is 0 Å². The summed E-state index contributed by atoms with van der Waals surface area (Å²) in [5.74, 6) is -0.284. The summed E-state index contributed by atoms with van der Waals surface area (Å²) in [7, 11) is -3.71. The lowest BCUT2D eigenvalue weighted by atomic mass is 9.96. The van der Waals surface area contributed by atoms with Crippen LogP contribution in [0.15, 0.2) is 29.2 Å². The van der Waals surface area contributed by atoms with Crippen molar-refractivity contribution >= 4 is 22.0 Å². The second-order valence-corrected chi connectivity index (χ2v) is 10.9. The van der Waals surface area contributed by atoms with E-state index in [9.17, 15) is 18.0 Å². The summed E-state index contributed by atoms with van der Waals surface area (Å²) in [6.45, 7) is 2.69. The summed E-state index contributed by atoms with van der Waals surface area (Å²) < 4.78 is 27.9. The SMILES string of the molecule is O=C(NC1CCCCC1)N1CCN(C(=O)c2ccccc2S(=O)(=O)N2CCCCC2)CC1. The lowest BCUT2D eigenvalue weighted by Crippen LogP contribution is -2.54. The van der Waals surface area contributed by atoms with E-state index < -0.39 is 10.0 Å². The van der Waals surface area contributed by atoms with Crippen molar-refractivity contribution in [2.24, 2.45) is 0 Å². The molecule has 8 nitrogen and oxygen atoms in total. The lowest BCUT2D eigenvalue weighted by molar-refractivity contribution is 0.0658. The van der Waals surface area contributed by atoms with Crippen molar-refractivity contribution < 1.29 is 18.0 Å². The topological polar surface area (TPSA) is 90.0 Å². The third-order valence-corrected chi connectivity index (χ3v) is 8.79. The van der Waals surface area contributed by atoms with E-state index in [0.29, 0.717) is 39.3 Å². The van der Waals surface area contributed by atoms with Crippen LogP contribution < -0.4 is 5.32 Å². The Morgan fingerprint density at radius 3 is 2.06 bits per heavy atom. The molecule has 1 aromatic rings. The number of sulfonamides is 1. The van der Waals surface area contributed by atoms with Crippen LogP contribution in [0.3, 0.4) is 0 Å². The fourth-order valence-corrected chi connectivity index (χ4v) is 6.61. The molecule has 4 rings (SSSR count). The summed E-state index contributed by atoms with van der Waals surface area (Å²) in [6, 6.07) is 6.70. The number of carbonyl (C=O) groups excluding carboxylic acids is 2. The number of nitrogens with one attached hydrogen (secondary N) is 1. The Kier molecular flexibility index (Phi) is 7.35. The molecule has 1 N–H and O–H groups in total. The minimum atomic E-state index is -3.71. The number of hydrogen-bond donors (Lipinski definition) is 1. The van der Waals surface area contributed by atoms with E-state index in [1.165, 1.54) is 16.8 Å². The average molecular weight is 463 g/mol. The molecule has 1 aromatic carbocycles. The second kappa shape index (κ2) is 10.2. The Morgan fingerprint density at radius 2 is 1.38 bits per heavy atom. The predicted molar refractivity (Wildman–Crippen MR) is 122 cm³/mol. The van der Waals surface area contributed by atoms with Gasteiger partial charge in [0.25, 0.3) is 5.91 Å². The van der Waals surface area contributed by atoms with Crippen LogP contribution in [0.2, 0.25) is 0 Å². The van der Waals surface area contributed by atoms with Gasteiger partial charge in [0, 0.05) is 45.3 Å². The van der Waals surface area contributed by atoms with Crippen LogP contribution in [0, 0.1) is 0 Å². The number of benzene rings is 1. The van der Waals surface area contributed by atoms with Gasteiger partial charge in [0.15, 0.2) is 0 Å². The van der Waals surface area contributed by atoms with Crippen molar-refractivity contribution in [1.82, 2.24) is 19.4 Å². The first-order valence-corrected chi connectivity index (χ1v) is 13.3. The van der Waals surface area contributed by atoms with Crippen molar-refractivity contribution in [3.63, 3.8) is 0 Å². The van der Waals surface area contributed by atoms with Crippen LogP contribution in [-0.4, -0.2) is 79.8 Å². The molecular formula is C23H34N4O4S. The van der Waals surface area contributed by atoms with E-state index in [0.717, 1.165) is 44.9 Å². The average Bonchev–Trinajstić information content (AvgIpc) is 2.85. The monoisotopic (exact) mass is 462 g/mol. The van der Waals surface area contributed by atoms with Gasteiger partial charge in [-0.2, -0.15) is 4.31 Å². The van der Waals surface area contributed by atoms with Crippen molar-refractivity contribution in [2.45, 2.75) is 62.3 Å². The molecule has 0 bridgehead atoms. The fourth-order valence-electron chi connectivity index (χ4n) is 4.91. The summed E-state index contributed by atoms with van der Waals surface area (Å²) >= 11 is 0. The maximum absolute atomic E-state index is 13.3. The molecule has 0 spiro atoms. The van der Waals surface area contributed by atoms with Gasteiger partial charge in [0.05, 0.1) is 10.5 Å². The van der Waals surface area contributed by atoms with E-state index in [1.807, 2.05) is 0 Å². The highest BCUT2D eigenvalue weighted by Crippen LogP contribution is 2.25. The molecule has 3 amide bonds. The van der Waals surface area contributed by atoms with Gasteiger partial charge in [-0.3, -0.25) is 4.79 Å². The van der Waals surface area contributed by atoms with Crippen LogP contribution in [-0.2, 0) is 10.0 Å². The van der Waals surface area contributed by atoms with Gasteiger partial charge in [0.2, 0.25) is 10.0 Å². The van der Waals surface area contributed by atoms with E-state index in [2.05, 4.69) is 5.32 Å². The van der Waals surface area contributed by atoms with Crippen LogP contribution in [0.1, 0.15) is 61.7 Å². The molecule has 32 heavy (non-hydrogen) atoms. The lowest BCUT2D eigenvalue weighted by Gasteiger charge is -2.36. The third kappa shape index (κ3) is 5.09. The normalized spacial score (nSPS) is 21.4. The van der Waals surface area contributed by atoms with Gasteiger partial charge in [-0.15, -0.1) is 0 Å². The fraction of sp³-hybridized carbons (Fsp3) is 0.652. The van der Waals surface area contributed by atoms with Gasteiger partial charge in [-0.25, -0.2) is 13.2 Å². The van der Waals surface area contributed by atoms with Crippen LogP contribution in [0.25, 0.3) is 0 Å². The molecule has 2 heterocycles. The standard InChI is InChI=1S/C23H34N4O4S/c28-22(20-11-5-6-12-21(20)32(30,31)27-13-7-2-8-14-27)25-15-17-26(18-16-25)23(29)24-19-9-3-1-4-10-19/h5-6,11-12,19H,1-4,7-10,13-18H2,(H,24,29). The number of nitrogens with zero attached hydrogens (tertiary/aromatic N) is 3. The number of amides is 3. The molecule has 3 aliphatic rings. The molecule has 2 saturated heterocycles. The number of carbonyl (C=O) groups is 2. The maximum Gasteiger partial charge on any atom is 0.317 e. The van der Waals surface area contributed by atoms with Crippen LogP contribution in [0.4, 0.5) is 4.79 Å². The number of rotatable bonds is 4. The van der Waals surface area contributed by atoms with Gasteiger partial charge >= 0.3 is 6.03 Å². The number of piperidine rings is 1. The first-order chi connectivity index (χ1) is 15.5. The Labute approximate surface area is 191 Å². The minimum Gasteiger partial charge on any atom is -0.335 e. The number of urea groups is 1. The number of hydrogen-bond acceptors (Lipinski definition) is 4. The van der Waals surface area contributed by atoms with Crippen LogP contribution in [0.5, 0.6) is 0 Å². The van der Waals surface area contributed by atoms with Gasteiger partial charge in [-0.1, -0.05) is 37.8 Å². The first kappa shape index (κ1) is 23.0. The van der Waals surface area contributed by atoms with Crippen molar-refractivity contribution in [3.05, 3.63) is 29.8 Å². The zero-order valence-corrected chi connectivity index (χ0v) is 19.5. The molecule has 2 aliphatic heterocycles. The summed E-state index contributed by atoms with van der Waals surface area (Å²) in [4.78, 5) is 29.4. The molecule has 3 fully saturated rings. The van der Waals surface area contributed by atoms with E-state index in [4.69, 9.17) is 0 Å². The van der Waals surface area contributed by atoms with Crippen molar-refractivity contribution in [1.29, 1.82) is 0 Å². The summed E-state index contributed by atoms with van der Waals surface area (Å²) in [5, 5.41) is 3.13. The Bertz CT molecular complexity index is 916. The van der Waals surface area contributed by atoms with E-state index in [1.54, 1.807) is 28.0 Å². The van der Waals surface area contributed by atoms with Crippen molar-refractivity contribution in [3.8, 4) is 0 Å². The molecule has 0 radical (unpaired) electrons. The highest BCUT2D eigenvalue weighted by molar-refractivity contribution is 7.89. The summed E-state index contributed by atoms with van der Waals surface area (Å²) in [5.41, 5.74) is 0.221. The maximum atomic E-state index is 13.3. The smallest absolute Gasteiger partial charge is 0.317 e. The molecule has 9 heteroatoms. The molecule has 0 atom stereocenters. The molecule has 1 aliphatic carbocycles. The Morgan fingerprint density at radius 1 is 0.781 bits per heavy atom. The van der Waals surface area contributed by atoms with E-state index in [-0.39, 0.29) is 28.4 Å². The molecule has 0 unspecified atom stereocenters. The predicted octanol–water partition coefficient (Wildman–Crippen LogP) is 2.66. The zero-order chi connectivity index (χ0) is 22.6. The first-order valence-electron chi connectivity index (χ1n) is 11.9. The molecular weight excluding hydrogens is 428 g/mol. The summed E-state index contributed by atoms with van der Waals surface area (Å²) in [6.07, 6.45) is 8.35. The van der Waals surface area contributed by atoms with Crippen molar-refractivity contribution in [2.75, 3.05) is 39.3 Å². The molecule has 0 aromatic heterocycles. The van der Waals surface area contributed by atoms with Gasteiger partial charge < -0.3 is 15.1 Å². The van der Waals surface area contributed by atoms with Gasteiger partial charge in [0.1, 0.15) is 0 Å².